The lowest BCUT2D eigenvalue weighted by atomic mass is 9.95. The van der Waals surface area contributed by atoms with Crippen molar-refractivity contribution in [3.05, 3.63) is 12.2 Å². The Morgan fingerprint density at radius 3 is 2.81 bits per heavy atom. The third-order valence-electron chi connectivity index (χ3n) is 2.77. The number of esters is 1. The second-order valence-corrected chi connectivity index (χ2v) is 4.25. The van der Waals surface area contributed by atoms with Crippen LogP contribution >= 0.6 is 0 Å². The van der Waals surface area contributed by atoms with E-state index in [-0.39, 0.29) is 18.2 Å². The van der Waals surface area contributed by atoms with Crippen molar-refractivity contribution in [3.8, 4) is 0 Å². The molecule has 1 unspecified atom stereocenters. The van der Waals surface area contributed by atoms with E-state index in [4.69, 9.17) is 10.5 Å². The summed E-state index contributed by atoms with van der Waals surface area (Å²) in [7, 11) is 0. The number of carbonyl (C=O) groups excluding carboxylic acids is 2. The molecular formula is C12H19NO3. The number of hydrogen-bond acceptors (Lipinski definition) is 4. The van der Waals surface area contributed by atoms with Gasteiger partial charge in [-0.1, -0.05) is 12.2 Å². The zero-order valence-corrected chi connectivity index (χ0v) is 9.65. The van der Waals surface area contributed by atoms with Crippen molar-refractivity contribution in [1.82, 2.24) is 0 Å². The first-order valence-corrected chi connectivity index (χ1v) is 5.66. The molecule has 1 rings (SSSR count). The first-order valence-electron chi connectivity index (χ1n) is 5.66. The lowest BCUT2D eigenvalue weighted by Gasteiger charge is -2.17. The fourth-order valence-corrected chi connectivity index (χ4v) is 1.60. The zero-order chi connectivity index (χ0) is 12.0. The van der Waals surface area contributed by atoms with E-state index in [9.17, 15) is 9.59 Å². The highest BCUT2D eigenvalue weighted by molar-refractivity contribution is 5.86. The van der Waals surface area contributed by atoms with Crippen LogP contribution in [0.5, 0.6) is 0 Å². The predicted octanol–water partition coefficient (Wildman–Crippen LogP) is 1.19. The van der Waals surface area contributed by atoms with Crippen LogP contribution in [0.15, 0.2) is 12.2 Å². The Morgan fingerprint density at radius 1 is 1.50 bits per heavy atom. The van der Waals surface area contributed by atoms with Gasteiger partial charge in [0, 0.05) is 0 Å². The number of hydrogen-bond donors (Lipinski definition) is 1. The van der Waals surface area contributed by atoms with Gasteiger partial charge in [-0.3, -0.25) is 9.59 Å². The molecule has 0 aliphatic heterocycles. The summed E-state index contributed by atoms with van der Waals surface area (Å²) in [6.45, 7) is 1.82. The molecule has 4 nitrogen and oxygen atoms in total. The average molecular weight is 225 g/mol. The predicted molar refractivity (Wildman–Crippen MR) is 60.7 cm³/mol. The number of nitrogens with two attached hydrogens (primary N) is 1. The molecule has 0 aromatic rings. The van der Waals surface area contributed by atoms with Crippen LogP contribution in [0.3, 0.4) is 0 Å². The highest BCUT2D eigenvalue weighted by Crippen LogP contribution is 2.18. The molecule has 2 N–H and O–H groups in total. The highest BCUT2D eigenvalue weighted by Gasteiger charge is 2.17. The van der Waals surface area contributed by atoms with E-state index < -0.39 is 6.04 Å². The van der Waals surface area contributed by atoms with Gasteiger partial charge in [0.15, 0.2) is 0 Å². The summed E-state index contributed by atoms with van der Waals surface area (Å²) < 4.78 is 5.10. The van der Waals surface area contributed by atoms with E-state index in [1.54, 1.807) is 0 Å². The molecule has 0 aromatic carbocycles. The molecule has 1 aliphatic carbocycles. The van der Waals surface area contributed by atoms with Crippen LogP contribution in [-0.4, -0.2) is 24.4 Å². The third-order valence-corrected chi connectivity index (χ3v) is 2.77. The minimum absolute atomic E-state index is 0.0160. The molecule has 0 bridgehead atoms. The lowest BCUT2D eigenvalue weighted by molar-refractivity contribution is -0.146. The standard InChI is InChI=1S/C12H19NO3/c1-9(14)11(13)7-12(15)16-8-10-5-3-2-4-6-10/h2-3,10-11H,4-8,13H2,1H3/t10-,11?/m1/s1. The van der Waals surface area contributed by atoms with Gasteiger partial charge in [0.05, 0.1) is 19.1 Å². The van der Waals surface area contributed by atoms with Crippen molar-refractivity contribution in [1.29, 1.82) is 0 Å². The van der Waals surface area contributed by atoms with Gasteiger partial charge in [-0.25, -0.2) is 0 Å². The van der Waals surface area contributed by atoms with E-state index in [2.05, 4.69) is 12.2 Å². The SMILES string of the molecule is CC(=O)C(N)CC(=O)OC[C@@H]1CC=CCC1. The Labute approximate surface area is 95.8 Å². The van der Waals surface area contributed by atoms with E-state index in [0.29, 0.717) is 12.5 Å². The molecule has 0 radical (unpaired) electrons. The van der Waals surface area contributed by atoms with Crippen molar-refractivity contribution < 1.29 is 14.3 Å². The summed E-state index contributed by atoms with van der Waals surface area (Å²) in [6, 6.07) is -0.723. The molecule has 0 amide bonds. The van der Waals surface area contributed by atoms with Crippen molar-refractivity contribution in [2.75, 3.05) is 6.61 Å². The van der Waals surface area contributed by atoms with Crippen molar-refractivity contribution in [2.24, 2.45) is 11.7 Å². The van der Waals surface area contributed by atoms with E-state index in [1.165, 1.54) is 6.92 Å². The molecule has 0 heterocycles. The number of allylic oxidation sites excluding steroid dienone is 2. The van der Waals surface area contributed by atoms with Gasteiger partial charge >= 0.3 is 5.97 Å². The Balaban J connectivity index is 2.19. The van der Waals surface area contributed by atoms with Gasteiger partial charge < -0.3 is 10.5 Å². The molecule has 0 saturated heterocycles. The van der Waals surface area contributed by atoms with Crippen LogP contribution in [0.4, 0.5) is 0 Å². The Hall–Kier alpha value is -1.16. The number of ether oxygens (including phenoxy) is 1. The topological polar surface area (TPSA) is 69.4 Å². The molecule has 0 saturated carbocycles. The molecule has 2 atom stereocenters. The van der Waals surface area contributed by atoms with Crippen molar-refractivity contribution in [3.63, 3.8) is 0 Å². The molecule has 1 aliphatic rings. The first-order chi connectivity index (χ1) is 7.59. The Bertz CT molecular complexity index is 286. The molecule has 0 aromatic heterocycles. The van der Waals surface area contributed by atoms with Crippen LogP contribution in [0.1, 0.15) is 32.6 Å². The lowest BCUT2D eigenvalue weighted by Crippen LogP contribution is -2.32. The number of Topliss-reactive ketones (excluding diaryl/α,β-unsaturated/α-hetero) is 1. The van der Waals surface area contributed by atoms with E-state index in [0.717, 1.165) is 19.3 Å². The largest absolute Gasteiger partial charge is 0.465 e. The fraction of sp³-hybridized carbons (Fsp3) is 0.667. The number of rotatable bonds is 5. The van der Waals surface area contributed by atoms with Crippen LogP contribution in [0.2, 0.25) is 0 Å². The van der Waals surface area contributed by atoms with Crippen LogP contribution < -0.4 is 5.73 Å². The van der Waals surface area contributed by atoms with E-state index in [1.807, 2.05) is 0 Å². The second kappa shape index (κ2) is 6.43. The summed E-state index contributed by atoms with van der Waals surface area (Å²) in [5, 5.41) is 0. The average Bonchev–Trinajstić information content (AvgIpc) is 2.27. The molecule has 0 fully saturated rings. The summed E-state index contributed by atoms with van der Waals surface area (Å²) in [5.41, 5.74) is 5.46. The minimum Gasteiger partial charge on any atom is -0.465 e. The normalized spacial score (nSPS) is 21.5. The summed E-state index contributed by atoms with van der Waals surface area (Å²) in [5.74, 6) is -0.141. The van der Waals surface area contributed by atoms with Gasteiger partial charge in [-0.15, -0.1) is 0 Å². The summed E-state index contributed by atoms with van der Waals surface area (Å²) >= 11 is 0. The molecular weight excluding hydrogens is 206 g/mol. The van der Waals surface area contributed by atoms with Crippen LogP contribution in [-0.2, 0) is 14.3 Å². The zero-order valence-electron chi connectivity index (χ0n) is 9.65. The molecule has 0 spiro atoms. The first kappa shape index (κ1) is 12.9. The van der Waals surface area contributed by atoms with Gasteiger partial charge in [0.1, 0.15) is 5.78 Å². The summed E-state index contributed by atoms with van der Waals surface area (Å²) in [6.07, 6.45) is 7.31. The molecule has 16 heavy (non-hydrogen) atoms. The number of carbonyl (C=O) groups is 2. The maximum atomic E-state index is 11.3. The number of ketones is 1. The maximum absolute atomic E-state index is 11.3. The smallest absolute Gasteiger partial charge is 0.307 e. The molecule has 90 valence electrons. The maximum Gasteiger partial charge on any atom is 0.307 e. The van der Waals surface area contributed by atoms with Crippen LogP contribution in [0.25, 0.3) is 0 Å². The molecule has 4 heteroatoms. The van der Waals surface area contributed by atoms with Gasteiger partial charge in [0.25, 0.3) is 0 Å². The van der Waals surface area contributed by atoms with E-state index >= 15 is 0 Å². The summed E-state index contributed by atoms with van der Waals surface area (Å²) in [4.78, 5) is 22.2. The van der Waals surface area contributed by atoms with Crippen LogP contribution in [0, 0.1) is 5.92 Å². The third kappa shape index (κ3) is 4.57. The van der Waals surface area contributed by atoms with Gasteiger partial charge in [-0.2, -0.15) is 0 Å². The fourth-order valence-electron chi connectivity index (χ4n) is 1.60. The Morgan fingerprint density at radius 2 is 2.25 bits per heavy atom. The van der Waals surface area contributed by atoms with Crippen molar-refractivity contribution in [2.45, 2.75) is 38.6 Å². The van der Waals surface area contributed by atoms with Gasteiger partial charge in [0.2, 0.25) is 0 Å². The quantitative estimate of drug-likeness (QED) is 0.563. The Kier molecular flexibility index (Phi) is 5.19. The monoisotopic (exact) mass is 225 g/mol. The van der Waals surface area contributed by atoms with Gasteiger partial charge in [-0.05, 0) is 32.1 Å². The highest BCUT2D eigenvalue weighted by atomic mass is 16.5. The second-order valence-electron chi connectivity index (χ2n) is 4.25. The van der Waals surface area contributed by atoms with Crippen molar-refractivity contribution >= 4 is 11.8 Å². The minimum atomic E-state index is -0.723.